The van der Waals surface area contributed by atoms with Gasteiger partial charge >= 0.3 is 17.7 Å². The van der Waals surface area contributed by atoms with Crippen molar-refractivity contribution in [3.63, 3.8) is 0 Å². The molecule has 0 atom stereocenters. The lowest BCUT2D eigenvalue weighted by Crippen LogP contribution is -2.56. The van der Waals surface area contributed by atoms with Crippen LogP contribution >= 0.6 is 0 Å². The number of carbonyl (C=O) groups excluding carboxylic acids is 2. The molecule has 10 nitrogen and oxygen atoms in total. The molecule has 0 fully saturated rings. The van der Waals surface area contributed by atoms with Gasteiger partial charge in [0.2, 0.25) is 11.8 Å². The van der Waals surface area contributed by atoms with Gasteiger partial charge in [-0.25, -0.2) is 9.59 Å². The van der Waals surface area contributed by atoms with Crippen molar-refractivity contribution in [1.82, 2.24) is 0 Å². The third-order valence-electron chi connectivity index (χ3n) is 3.44. The van der Waals surface area contributed by atoms with Crippen LogP contribution in [-0.2, 0) is 19.2 Å². The van der Waals surface area contributed by atoms with Crippen molar-refractivity contribution in [2.24, 2.45) is 0 Å². The Hall–Kier alpha value is -4.08. The number of anilines is 2. The van der Waals surface area contributed by atoms with Crippen LogP contribution in [0.4, 0.5) is 11.4 Å². The van der Waals surface area contributed by atoms with Gasteiger partial charge in [-0.1, -0.05) is 0 Å². The molecule has 0 saturated carbocycles. The molecule has 0 aromatic heterocycles. The predicted molar refractivity (Wildman–Crippen MR) is 101 cm³/mol. The van der Waals surface area contributed by atoms with Crippen molar-refractivity contribution in [3.05, 3.63) is 48.5 Å². The number of hydrogen-bond acceptors (Lipinski definition) is 6. The molecule has 0 unspecified atom stereocenters. The maximum atomic E-state index is 11.8. The molecule has 2 amide bonds. The summed E-state index contributed by atoms with van der Waals surface area (Å²) in [6.45, 7) is 2.63. The zero-order chi connectivity index (χ0) is 21.6. The zero-order valence-corrected chi connectivity index (χ0v) is 15.5. The number of amides is 2. The minimum absolute atomic E-state index is 0.112. The van der Waals surface area contributed by atoms with E-state index < -0.39 is 17.7 Å². The molecule has 0 spiro atoms. The number of carbonyl (C=O) groups is 4. The fraction of sp³-hybridized carbons (Fsp3) is 0.158. The average Bonchev–Trinajstić information content (AvgIpc) is 2.63. The molecule has 0 radical (unpaired) electrons. The van der Waals surface area contributed by atoms with Crippen LogP contribution in [0, 0.1) is 0 Å². The Labute approximate surface area is 165 Å². The van der Waals surface area contributed by atoms with Crippen LogP contribution in [0.15, 0.2) is 48.5 Å². The molecule has 0 aliphatic rings. The summed E-state index contributed by atoms with van der Waals surface area (Å²) in [7, 11) is 0. The van der Waals surface area contributed by atoms with E-state index in [0.717, 1.165) is 0 Å². The highest BCUT2D eigenvalue weighted by atomic mass is 16.7. The number of aliphatic carboxylic acids is 2. The molecule has 29 heavy (non-hydrogen) atoms. The first-order valence-corrected chi connectivity index (χ1v) is 8.22. The second-order valence-electron chi connectivity index (χ2n) is 5.84. The summed E-state index contributed by atoms with van der Waals surface area (Å²) < 4.78 is 10.4. The van der Waals surface area contributed by atoms with Gasteiger partial charge in [0.05, 0.1) is 0 Å². The maximum absolute atomic E-state index is 11.8. The minimum atomic E-state index is -3.06. The Kier molecular flexibility index (Phi) is 6.40. The molecule has 0 aliphatic carbocycles. The van der Waals surface area contributed by atoms with E-state index in [2.05, 4.69) is 10.6 Å². The van der Waals surface area contributed by atoms with Crippen molar-refractivity contribution in [2.75, 3.05) is 10.6 Å². The number of nitrogens with one attached hydrogen (secondary N) is 2. The monoisotopic (exact) mass is 402 g/mol. The maximum Gasteiger partial charge on any atom is 0.452 e. The number of benzene rings is 2. The van der Waals surface area contributed by atoms with Gasteiger partial charge in [-0.2, -0.15) is 0 Å². The van der Waals surface area contributed by atoms with Crippen molar-refractivity contribution >= 4 is 35.1 Å². The lowest BCUT2D eigenvalue weighted by atomic mass is 10.2. The molecule has 0 bridgehead atoms. The van der Waals surface area contributed by atoms with Gasteiger partial charge in [-0.3, -0.25) is 9.59 Å². The summed E-state index contributed by atoms with van der Waals surface area (Å²) in [4.78, 5) is 45.6. The summed E-state index contributed by atoms with van der Waals surface area (Å²) in [5.74, 6) is -7.68. The van der Waals surface area contributed by atoms with Crippen LogP contribution in [0.1, 0.15) is 13.8 Å². The number of carboxylic acid groups (broad SMARTS) is 2. The van der Waals surface area contributed by atoms with Crippen molar-refractivity contribution < 1.29 is 38.9 Å². The lowest BCUT2D eigenvalue weighted by Gasteiger charge is -2.26. The smallest absolute Gasteiger partial charge is 0.452 e. The van der Waals surface area contributed by atoms with Crippen molar-refractivity contribution in [3.8, 4) is 11.5 Å². The van der Waals surface area contributed by atoms with Gasteiger partial charge in [0.15, 0.2) is 0 Å². The lowest BCUT2D eigenvalue weighted by molar-refractivity contribution is -0.201. The average molecular weight is 402 g/mol. The summed E-state index contributed by atoms with van der Waals surface area (Å²) in [5, 5.41) is 24.1. The third kappa shape index (κ3) is 5.45. The highest BCUT2D eigenvalue weighted by Crippen LogP contribution is 2.26. The second-order valence-corrected chi connectivity index (χ2v) is 5.84. The Morgan fingerprint density at radius 2 is 1.00 bits per heavy atom. The molecule has 2 aromatic rings. The van der Waals surface area contributed by atoms with Crippen LogP contribution in [0.3, 0.4) is 0 Å². The third-order valence-corrected chi connectivity index (χ3v) is 3.44. The fourth-order valence-electron chi connectivity index (χ4n) is 2.24. The van der Waals surface area contributed by atoms with Gasteiger partial charge in [0.25, 0.3) is 0 Å². The SMILES string of the molecule is CC(=O)Nc1ccc(OC(Oc2ccc(NC(C)=O)cc2)(C(=O)O)C(=O)O)cc1. The van der Waals surface area contributed by atoms with Crippen LogP contribution in [-0.4, -0.2) is 39.8 Å². The quantitative estimate of drug-likeness (QED) is 0.386. The number of carboxylic acids is 2. The Morgan fingerprint density at radius 1 is 0.690 bits per heavy atom. The van der Waals surface area contributed by atoms with E-state index in [9.17, 15) is 29.4 Å². The zero-order valence-electron chi connectivity index (χ0n) is 15.5. The van der Waals surface area contributed by atoms with Gasteiger partial charge in [0.1, 0.15) is 11.5 Å². The highest BCUT2D eigenvalue weighted by molar-refractivity contribution is 6.01. The first-order valence-electron chi connectivity index (χ1n) is 8.22. The van der Waals surface area contributed by atoms with E-state index in [4.69, 9.17) is 9.47 Å². The summed E-state index contributed by atoms with van der Waals surface area (Å²) in [5.41, 5.74) is 0.825. The van der Waals surface area contributed by atoms with Gasteiger partial charge in [0, 0.05) is 25.2 Å². The summed E-state index contributed by atoms with van der Waals surface area (Å²) in [6, 6.07) is 10.8. The summed E-state index contributed by atoms with van der Waals surface area (Å²) in [6.07, 6.45) is 0. The standard InChI is InChI=1S/C19H18N2O8/c1-11(22)20-13-3-7-15(8-4-13)28-19(17(24)25,18(26)27)29-16-9-5-14(6-10-16)21-12(2)23/h3-10H,1-2H3,(H,20,22)(H,21,23)(H,24,25)(H,26,27). The van der Waals surface area contributed by atoms with E-state index in [-0.39, 0.29) is 23.3 Å². The molecule has 2 rings (SSSR count). The first-order chi connectivity index (χ1) is 13.6. The molecule has 0 heterocycles. The van der Waals surface area contributed by atoms with Crippen molar-refractivity contribution in [2.45, 2.75) is 19.6 Å². The normalized spacial score (nSPS) is 10.6. The summed E-state index contributed by atoms with van der Waals surface area (Å²) >= 11 is 0. The molecule has 0 aliphatic heterocycles. The molecule has 4 N–H and O–H groups in total. The van der Waals surface area contributed by atoms with E-state index in [1.807, 2.05) is 0 Å². The van der Waals surface area contributed by atoms with Gasteiger partial charge < -0.3 is 30.3 Å². The van der Waals surface area contributed by atoms with Crippen molar-refractivity contribution in [1.29, 1.82) is 0 Å². The first kappa shape index (κ1) is 21.2. The Morgan fingerprint density at radius 3 is 1.24 bits per heavy atom. The largest absolute Gasteiger partial charge is 0.475 e. The highest BCUT2D eigenvalue weighted by Gasteiger charge is 2.53. The van der Waals surface area contributed by atoms with Crippen LogP contribution in [0.25, 0.3) is 0 Å². The molecule has 152 valence electrons. The number of hydrogen-bond donors (Lipinski definition) is 4. The Bertz CT molecular complexity index is 845. The number of rotatable bonds is 8. The second kappa shape index (κ2) is 8.74. The van der Waals surface area contributed by atoms with Crippen LogP contribution in [0.2, 0.25) is 0 Å². The van der Waals surface area contributed by atoms with Crippen LogP contribution in [0.5, 0.6) is 11.5 Å². The van der Waals surface area contributed by atoms with E-state index in [1.165, 1.54) is 62.4 Å². The Balaban J connectivity index is 2.29. The molecule has 10 heteroatoms. The molecular weight excluding hydrogens is 384 g/mol. The molecular formula is C19H18N2O8. The van der Waals surface area contributed by atoms with Crippen LogP contribution < -0.4 is 20.1 Å². The van der Waals surface area contributed by atoms with E-state index >= 15 is 0 Å². The van der Waals surface area contributed by atoms with E-state index in [1.54, 1.807) is 0 Å². The molecule has 0 saturated heterocycles. The topological polar surface area (TPSA) is 151 Å². The predicted octanol–water partition coefficient (Wildman–Crippen LogP) is 1.93. The van der Waals surface area contributed by atoms with E-state index in [0.29, 0.717) is 11.4 Å². The van der Waals surface area contributed by atoms with Gasteiger partial charge in [-0.15, -0.1) is 0 Å². The fourth-order valence-corrected chi connectivity index (χ4v) is 2.24. The number of ether oxygens (including phenoxy) is 2. The minimum Gasteiger partial charge on any atom is -0.475 e. The van der Waals surface area contributed by atoms with Gasteiger partial charge in [-0.05, 0) is 48.5 Å². The molecule has 2 aromatic carbocycles.